The Morgan fingerprint density at radius 2 is 2.27 bits per heavy atom. The van der Waals surface area contributed by atoms with Gasteiger partial charge in [0, 0.05) is 10.9 Å². The van der Waals surface area contributed by atoms with Crippen molar-refractivity contribution in [3.05, 3.63) is 29.0 Å². The molecule has 0 aromatic carbocycles. The van der Waals surface area contributed by atoms with Crippen molar-refractivity contribution in [3.8, 4) is 10.8 Å². The Labute approximate surface area is 131 Å². The van der Waals surface area contributed by atoms with Crippen LogP contribution in [0, 0.1) is 12.8 Å². The Hall–Kier alpha value is -2.15. The van der Waals surface area contributed by atoms with Gasteiger partial charge in [0.05, 0.1) is 12.2 Å². The van der Waals surface area contributed by atoms with Gasteiger partial charge in [-0.15, -0.1) is 11.3 Å². The predicted molar refractivity (Wildman–Crippen MR) is 80.8 cm³/mol. The highest BCUT2D eigenvalue weighted by Crippen LogP contribution is 2.29. The van der Waals surface area contributed by atoms with Crippen LogP contribution in [0.1, 0.15) is 34.6 Å². The monoisotopic (exact) mass is 320 g/mol. The molecule has 2 heterocycles. The van der Waals surface area contributed by atoms with Crippen molar-refractivity contribution in [2.45, 2.75) is 32.2 Å². The number of furan rings is 1. The summed E-state index contributed by atoms with van der Waals surface area (Å²) in [5, 5.41) is 12.6. The quantitative estimate of drug-likeness (QED) is 0.903. The van der Waals surface area contributed by atoms with Crippen LogP contribution < -0.4 is 5.32 Å². The zero-order chi connectivity index (χ0) is 15.7. The fourth-order valence-corrected chi connectivity index (χ4v) is 3.58. The maximum Gasteiger partial charge on any atom is 0.306 e. The zero-order valence-electron chi connectivity index (χ0n) is 12.0. The van der Waals surface area contributed by atoms with Crippen molar-refractivity contribution >= 4 is 23.2 Å². The zero-order valence-corrected chi connectivity index (χ0v) is 12.9. The number of hydrogen-bond donors (Lipinski definition) is 2. The minimum absolute atomic E-state index is 0.0956. The van der Waals surface area contributed by atoms with Gasteiger partial charge in [-0.05, 0) is 38.3 Å². The van der Waals surface area contributed by atoms with Crippen LogP contribution in [0.15, 0.2) is 22.8 Å². The van der Waals surface area contributed by atoms with Crippen molar-refractivity contribution in [1.82, 2.24) is 10.3 Å². The highest BCUT2D eigenvalue weighted by molar-refractivity contribution is 7.15. The molecule has 0 radical (unpaired) electrons. The van der Waals surface area contributed by atoms with Gasteiger partial charge in [0.15, 0.2) is 10.8 Å². The molecule has 0 saturated heterocycles. The first-order valence-electron chi connectivity index (χ1n) is 7.09. The topological polar surface area (TPSA) is 92.4 Å². The number of aliphatic carboxylic acids is 1. The summed E-state index contributed by atoms with van der Waals surface area (Å²) in [6.45, 7) is 1.84. The van der Waals surface area contributed by atoms with Crippen molar-refractivity contribution in [1.29, 1.82) is 0 Å². The minimum Gasteiger partial charge on any atom is -0.481 e. The van der Waals surface area contributed by atoms with Crippen molar-refractivity contribution in [2.24, 2.45) is 5.92 Å². The Kier molecular flexibility index (Phi) is 3.98. The van der Waals surface area contributed by atoms with Crippen LogP contribution in [-0.2, 0) is 4.79 Å². The average Bonchev–Trinajstić information content (AvgIpc) is 3.16. The number of amides is 1. The summed E-state index contributed by atoms with van der Waals surface area (Å²) in [6.07, 6.45) is 3.34. The standard InChI is InChI=1S/C15H16N2O4S/c1-8-12(17-14(22-8)11-3-2-6-21-11)13(18)16-10-5-4-9(7-10)15(19)20/h2-3,6,9-10H,4-5,7H2,1H3,(H,16,18)(H,19,20)/t9-,10+/m0/s1. The molecule has 0 unspecified atom stereocenters. The molecule has 6 nitrogen and oxygen atoms in total. The predicted octanol–water partition coefficient (Wildman–Crippen LogP) is 2.69. The maximum absolute atomic E-state index is 12.3. The molecule has 116 valence electrons. The SMILES string of the molecule is Cc1sc(-c2ccco2)nc1C(=O)N[C@@H]1CC[C@H](C(=O)O)C1. The van der Waals surface area contributed by atoms with Crippen LogP contribution in [0.3, 0.4) is 0 Å². The lowest BCUT2D eigenvalue weighted by molar-refractivity contribution is -0.141. The van der Waals surface area contributed by atoms with Gasteiger partial charge >= 0.3 is 5.97 Å². The number of carbonyl (C=O) groups is 2. The lowest BCUT2D eigenvalue weighted by Crippen LogP contribution is -2.33. The second-order valence-corrected chi connectivity index (χ2v) is 6.62. The molecular formula is C15H16N2O4S. The van der Waals surface area contributed by atoms with Crippen LogP contribution in [0.5, 0.6) is 0 Å². The second kappa shape index (κ2) is 5.92. The summed E-state index contributed by atoms with van der Waals surface area (Å²) in [6, 6.07) is 3.48. The van der Waals surface area contributed by atoms with Gasteiger partial charge in [-0.3, -0.25) is 9.59 Å². The molecular weight excluding hydrogens is 304 g/mol. The van der Waals surface area contributed by atoms with E-state index in [9.17, 15) is 9.59 Å². The van der Waals surface area contributed by atoms with E-state index < -0.39 is 5.97 Å². The average molecular weight is 320 g/mol. The third-order valence-electron chi connectivity index (χ3n) is 3.86. The second-order valence-electron chi connectivity index (χ2n) is 5.42. The lowest BCUT2D eigenvalue weighted by Gasteiger charge is -2.11. The van der Waals surface area contributed by atoms with E-state index in [4.69, 9.17) is 9.52 Å². The van der Waals surface area contributed by atoms with E-state index >= 15 is 0 Å². The van der Waals surface area contributed by atoms with E-state index in [2.05, 4.69) is 10.3 Å². The number of carbonyl (C=O) groups excluding carboxylic acids is 1. The molecule has 0 spiro atoms. The first-order valence-corrected chi connectivity index (χ1v) is 7.91. The highest BCUT2D eigenvalue weighted by Gasteiger charge is 2.31. The molecule has 1 saturated carbocycles. The van der Waals surface area contributed by atoms with Gasteiger partial charge in [0.25, 0.3) is 5.91 Å². The van der Waals surface area contributed by atoms with Crippen molar-refractivity contribution < 1.29 is 19.1 Å². The molecule has 3 rings (SSSR count). The summed E-state index contributed by atoms with van der Waals surface area (Å²) in [4.78, 5) is 28.5. The molecule has 2 atom stereocenters. The molecule has 0 bridgehead atoms. The third-order valence-corrected chi connectivity index (χ3v) is 4.85. The molecule has 1 fully saturated rings. The number of carboxylic acid groups (broad SMARTS) is 1. The number of aryl methyl sites for hydroxylation is 1. The number of hydrogen-bond acceptors (Lipinski definition) is 5. The molecule has 22 heavy (non-hydrogen) atoms. The van der Waals surface area contributed by atoms with Gasteiger partial charge in [0.2, 0.25) is 0 Å². The summed E-state index contributed by atoms with van der Waals surface area (Å²) in [7, 11) is 0. The smallest absolute Gasteiger partial charge is 0.306 e. The number of aromatic nitrogens is 1. The number of nitrogens with one attached hydrogen (secondary N) is 1. The summed E-state index contributed by atoms with van der Waals surface area (Å²) in [5.74, 6) is -0.760. The molecule has 1 aliphatic rings. The van der Waals surface area contributed by atoms with E-state index in [1.807, 2.05) is 6.92 Å². The number of rotatable bonds is 4. The number of nitrogens with zero attached hydrogens (tertiary/aromatic N) is 1. The van der Waals surface area contributed by atoms with Gasteiger partial charge in [-0.25, -0.2) is 4.98 Å². The Bertz CT molecular complexity index is 692. The Morgan fingerprint density at radius 1 is 1.45 bits per heavy atom. The Morgan fingerprint density at radius 3 is 2.91 bits per heavy atom. The van der Waals surface area contributed by atoms with Gasteiger partial charge in [-0.2, -0.15) is 0 Å². The maximum atomic E-state index is 12.3. The fourth-order valence-electron chi connectivity index (χ4n) is 2.70. The van der Waals surface area contributed by atoms with Gasteiger partial charge in [0.1, 0.15) is 5.69 Å². The lowest BCUT2D eigenvalue weighted by atomic mass is 10.1. The van der Waals surface area contributed by atoms with Crippen molar-refractivity contribution in [2.75, 3.05) is 0 Å². The van der Waals surface area contributed by atoms with Crippen LogP contribution in [-0.4, -0.2) is 28.0 Å². The summed E-state index contributed by atoms with van der Waals surface area (Å²) >= 11 is 1.40. The van der Waals surface area contributed by atoms with Gasteiger partial charge in [-0.1, -0.05) is 0 Å². The van der Waals surface area contributed by atoms with E-state index in [0.717, 1.165) is 4.88 Å². The van der Waals surface area contributed by atoms with Crippen LogP contribution in [0.4, 0.5) is 0 Å². The number of carboxylic acids is 1. The van der Waals surface area contributed by atoms with Crippen LogP contribution in [0.25, 0.3) is 10.8 Å². The first kappa shape index (κ1) is 14.8. The molecule has 1 amide bonds. The first-order chi connectivity index (χ1) is 10.5. The number of thiazole rings is 1. The van der Waals surface area contributed by atoms with Crippen LogP contribution in [0.2, 0.25) is 0 Å². The van der Waals surface area contributed by atoms with Gasteiger partial charge < -0.3 is 14.8 Å². The minimum atomic E-state index is -0.790. The molecule has 2 aromatic heterocycles. The van der Waals surface area contributed by atoms with E-state index in [-0.39, 0.29) is 17.9 Å². The Balaban J connectivity index is 1.69. The molecule has 7 heteroatoms. The largest absolute Gasteiger partial charge is 0.481 e. The highest BCUT2D eigenvalue weighted by atomic mass is 32.1. The molecule has 0 aliphatic heterocycles. The van der Waals surface area contributed by atoms with Crippen LogP contribution >= 0.6 is 11.3 Å². The molecule has 2 N–H and O–H groups in total. The van der Waals surface area contributed by atoms with Crippen molar-refractivity contribution in [3.63, 3.8) is 0 Å². The summed E-state index contributed by atoms with van der Waals surface area (Å²) in [5.41, 5.74) is 0.384. The van der Waals surface area contributed by atoms with E-state index in [0.29, 0.717) is 35.7 Å². The van der Waals surface area contributed by atoms with E-state index in [1.165, 1.54) is 11.3 Å². The molecule has 1 aliphatic carbocycles. The van der Waals surface area contributed by atoms with E-state index in [1.54, 1.807) is 18.4 Å². The molecule has 2 aromatic rings. The fraction of sp³-hybridized carbons (Fsp3) is 0.400. The normalized spacial score (nSPS) is 21.0. The summed E-state index contributed by atoms with van der Waals surface area (Å²) < 4.78 is 5.29. The third kappa shape index (κ3) is 2.89.